The number of alkyl halides is 3. The second-order valence-electron chi connectivity index (χ2n) is 5.27. The highest BCUT2D eigenvalue weighted by Crippen LogP contribution is 2.31. The minimum absolute atomic E-state index is 0.200. The fourth-order valence-electron chi connectivity index (χ4n) is 2.54. The third kappa shape index (κ3) is 3.79. The lowest BCUT2D eigenvalue weighted by molar-refractivity contribution is -0.274. The number of amides is 1. The van der Waals surface area contributed by atoms with Gasteiger partial charge in [0.25, 0.3) is 5.91 Å². The van der Waals surface area contributed by atoms with Crippen LogP contribution in [0.4, 0.5) is 13.2 Å². The summed E-state index contributed by atoms with van der Waals surface area (Å²) in [5.41, 5.74) is 1.14. The normalized spacial score (nSPS) is 16.7. The number of benzene rings is 2. The molecule has 24 heavy (non-hydrogen) atoms. The van der Waals surface area contributed by atoms with Gasteiger partial charge in [-0.3, -0.25) is 4.79 Å². The van der Waals surface area contributed by atoms with Gasteiger partial charge in [-0.25, -0.2) is 0 Å². The number of carbonyl (C=O) groups excluding carboxylic acids is 1. The lowest BCUT2D eigenvalue weighted by Crippen LogP contribution is -2.32. The van der Waals surface area contributed by atoms with Crippen molar-refractivity contribution in [3.63, 3.8) is 0 Å². The van der Waals surface area contributed by atoms with Crippen molar-refractivity contribution in [2.45, 2.75) is 18.8 Å². The van der Waals surface area contributed by atoms with E-state index in [9.17, 15) is 18.0 Å². The topological polar surface area (TPSA) is 47.6 Å². The molecule has 1 aliphatic rings. The summed E-state index contributed by atoms with van der Waals surface area (Å²) in [6.07, 6.45) is -4.13. The standard InChI is InChI=1S/C17H14F3NO3/c18-17(19,20)24-12-7-5-11(6-8-12)16(22)21-14-9-10-23-15-4-2-1-3-13(14)15/h1-8,14H,9-10H2,(H,21,22)/t14-/m1/s1. The van der Waals surface area contributed by atoms with Crippen LogP contribution < -0.4 is 14.8 Å². The van der Waals surface area contributed by atoms with Crippen LogP contribution in [-0.4, -0.2) is 18.9 Å². The molecule has 1 atom stereocenters. The molecule has 0 aromatic heterocycles. The molecule has 1 aliphatic heterocycles. The second kappa shape index (κ2) is 6.43. The van der Waals surface area contributed by atoms with E-state index in [1.807, 2.05) is 24.3 Å². The summed E-state index contributed by atoms with van der Waals surface area (Å²) in [5, 5.41) is 2.88. The Morgan fingerprint density at radius 1 is 1.12 bits per heavy atom. The molecular formula is C17H14F3NO3. The monoisotopic (exact) mass is 337 g/mol. The van der Waals surface area contributed by atoms with Crippen LogP contribution in [0.15, 0.2) is 48.5 Å². The van der Waals surface area contributed by atoms with E-state index in [1.54, 1.807) is 0 Å². The number of rotatable bonds is 3. The van der Waals surface area contributed by atoms with E-state index in [0.717, 1.165) is 23.4 Å². The fraction of sp³-hybridized carbons (Fsp3) is 0.235. The largest absolute Gasteiger partial charge is 0.573 e. The molecule has 0 radical (unpaired) electrons. The molecule has 0 fully saturated rings. The summed E-state index contributed by atoms with van der Waals surface area (Å²) >= 11 is 0. The van der Waals surface area contributed by atoms with Crippen LogP contribution in [0, 0.1) is 0 Å². The Labute approximate surface area is 136 Å². The van der Waals surface area contributed by atoms with Gasteiger partial charge in [0.15, 0.2) is 0 Å². The van der Waals surface area contributed by atoms with Crippen molar-refractivity contribution in [3.05, 3.63) is 59.7 Å². The number of hydrogen-bond donors (Lipinski definition) is 1. The van der Waals surface area contributed by atoms with Crippen molar-refractivity contribution in [2.75, 3.05) is 6.61 Å². The van der Waals surface area contributed by atoms with Crippen LogP contribution in [0.1, 0.15) is 28.4 Å². The molecule has 0 spiro atoms. The number of carbonyl (C=O) groups is 1. The van der Waals surface area contributed by atoms with Gasteiger partial charge in [0, 0.05) is 17.5 Å². The molecule has 1 N–H and O–H groups in total. The van der Waals surface area contributed by atoms with E-state index in [0.29, 0.717) is 13.0 Å². The zero-order valence-electron chi connectivity index (χ0n) is 12.5. The maximum Gasteiger partial charge on any atom is 0.573 e. The third-order valence-electron chi connectivity index (χ3n) is 3.61. The van der Waals surface area contributed by atoms with Gasteiger partial charge in [0.05, 0.1) is 12.6 Å². The van der Waals surface area contributed by atoms with Gasteiger partial charge in [-0.15, -0.1) is 13.2 Å². The van der Waals surface area contributed by atoms with Gasteiger partial charge in [-0.05, 0) is 30.3 Å². The zero-order valence-corrected chi connectivity index (χ0v) is 12.5. The number of fused-ring (bicyclic) bond motifs is 1. The maximum absolute atomic E-state index is 12.3. The molecule has 126 valence electrons. The van der Waals surface area contributed by atoms with Gasteiger partial charge in [0.1, 0.15) is 11.5 Å². The molecule has 4 nitrogen and oxygen atoms in total. The molecule has 0 unspecified atom stereocenters. The minimum atomic E-state index is -4.75. The Morgan fingerprint density at radius 2 is 1.83 bits per heavy atom. The van der Waals surface area contributed by atoms with Crippen molar-refractivity contribution in [3.8, 4) is 11.5 Å². The average molecular weight is 337 g/mol. The quantitative estimate of drug-likeness (QED) is 0.926. The van der Waals surface area contributed by atoms with Gasteiger partial charge in [0.2, 0.25) is 0 Å². The highest BCUT2D eigenvalue weighted by Gasteiger charge is 2.31. The van der Waals surface area contributed by atoms with Crippen LogP contribution in [-0.2, 0) is 0 Å². The van der Waals surface area contributed by atoms with Crippen molar-refractivity contribution < 1.29 is 27.4 Å². The minimum Gasteiger partial charge on any atom is -0.493 e. The van der Waals surface area contributed by atoms with Crippen LogP contribution in [0.25, 0.3) is 0 Å². The first-order valence-corrected chi connectivity index (χ1v) is 7.31. The maximum atomic E-state index is 12.3. The van der Waals surface area contributed by atoms with E-state index in [2.05, 4.69) is 10.1 Å². The number of ether oxygens (including phenoxy) is 2. The van der Waals surface area contributed by atoms with Crippen molar-refractivity contribution in [1.29, 1.82) is 0 Å². The van der Waals surface area contributed by atoms with Gasteiger partial charge in [-0.2, -0.15) is 0 Å². The molecule has 1 amide bonds. The van der Waals surface area contributed by atoms with Crippen LogP contribution in [0.3, 0.4) is 0 Å². The molecule has 0 bridgehead atoms. The summed E-state index contributed by atoms with van der Waals surface area (Å²) in [6, 6.07) is 12.0. The molecule has 0 saturated carbocycles. The highest BCUT2D eigenvalue weighted by molar-refractivity contribution is 5.94. The number of hydrogen-bond acceptors (Lipinski definition) is 3. The summed E-state index contributed by atoms with van der Waals surface area (Å²) < 4.78 is 45.7. The Balaban J connectivity index is 1.70. The van der Waals surface area contributed by atoms with Gasteiger partial charge < -0.3 is 14.8 Å². The summed E-state index contributed by atoms with van der Waals surface area (Å²) in [5.74, 6) is -0.00583. The molecule has 2 aromatic rings. The van der Waals surface area contributed by atoms with E-state index in [4.69, 9.17) is 4.74 Å². The molecular weight excluding hydrogens is 323 g/mol. The number of halogens is 3. The highest BCUT2D eigenvalue weighted by atomic mass is 19.4. The Morgan fingerprint density at radius 3 is 2.54 bits per heavy atom. The van der Waals surface area contributed by atoms with E-state index < -0.39 is 6.36 Å². The Bertz CT molecular complexity index is 729. The SMILES string of the molecule is O=C(N[C@@H]1CCOc2ccccc21)c1ccc(OC(F)(F)F)cc1. The van der Waals surface area contributed by atoms with Crippen LogP contribution in [0.5, 0.6) is 11.5 Å². The molecule has 7 heteroatoms. The molecule has 0 aliphatic carbocycles. The average Bonchev–Trinajstić information content (AvgIpc) is 2.54. The first-order valence-electron chi connectivity index (χ1n) is 7.31. The third-order valence-corrected chi connectivity index (χ3v) is 3.61. The molecule has 3 rings (SSSR count). The smallest absolute Gasteiger partial charge is 0.493 e. The zero-order chi connectivity index (χ0) is 17.2. The number of nitrogens with one attached hydrogen (secondary N) is 1. The van der Waals surface area contributed by atoms with Crippen LogP contribution >= 0.6 is 0 Å². The molecule has 0 saturated heterocycles. The first-order chi connectivity index (χ1) is 11.4. The van der Waals surface area contributed by atoms with Gasteiger partial charge in [-0.1, -0.05) is 18.2 Å². The van der Waals surface area contributed by atoms with Crippen molar-refractivity contribution in [2.24, 2.45) is 0 Å². The molecule has 2 aromatic carbocycles. The fourth-order valence-corrected chi connectivity index (χ4v) is 2.54. The summed E-state index contributed by atoms with van der Waals surface area (Å²) in [4.78, 5) is 12.3. The number of para-hydroxylation sites is 1. The van der Waals surface area contributed by atoms with Gasteiger partial charge >= 0.3 is 6.36 Å². The lowest BCUT2D eigenvalue weighted by atomic mass is 10.00. The van der Waals surface area contributed by atoms with E-state index in [1.165, 1.54) is 12.1 Å². The molecule has 1 heterocycles. The van der Waals surface area contributed by atoms with Crippen molar-refractivity contribution in [1.82, 2.24) is 5.32 Å². The van der Waals surface area contributed by atoms with E-state index in [-0.39, 0.29) is 23.3 Å². The van der Waals surface area contributed by atoms with Crippen LogP contribution in [0.2, 0.25) is 0 Å². The van der Waals surface area contributed by atoms with E-state index >= 15 is 0 Å². The second-order valence-corrected chi connectivity index (χ2v) is 5.27. The Hall–Kier alpha value is -2.70. The van der Waals surface area contributed by atoms with Crippen molar-refractivity contribution >= 4 is 5.91 Å². The summed E-state index contributed by atoms with van der Waals surface area (Å²) in [6.45, 7) is 0.486. The summed E-state index contributed by atoms with van der Waals surface area (Å²) in [7, 11) is 0. The first kappa shape index (κ1) is 16.2. The predicted molar refractivity (Wildman–Crippen MR) is 79.9 cm³/mol. The Kier molecular flexibility index (Phi) is 4.33. The lowest BCUT2D eigenvalue weighted by Gasteiger charge is -2.26. The predicted octanol–water partition coefficient (Wildman–Crippen LogP) is 3.84.